The van der Waals surface area contributed by atoms with Crippen molar-refractivity contribution >= 4 is 11.9 Å². The van der Waals surface area contributed by atoms with Gasteiger partial charge in [0.2, 0.25) is 5.91 Å². The van der Waals surface area contributed by atoms with Crippen molar-refractivity contribution in [3.63, 3.8) is 0 Å². The van der Waals surface area contributed by atoms with Gasteiger partial charge in [0.25, 0.3) is 0 Å². The highest BCUT2D eigenvalue weighted by molar-refractivity contribution is 5.82. The average Bonchev–Trinajstić information content (AvgIpc) is 2.43. The third-order valence-electron chi connectivity index (χ3n) is 3.33. The summed E-state index contributed by atoms with van der Waals surface area (Å²) in [6, 6.07) is 0. The van der Waals surface area contributed by atoms with E-state index in [2.05, 4.69) is 18.6 Å². The van der Waals surface area contributed by atoms with Crippen molar-refractivity contribution in [2.45, 2.75) is 46.0 Å². The van der Waals surface area contributed by atoms with Crippen LogP contribution in [0.3, 0.4) is 0 Å². The number of ether oxygens (including phenoxy) is 1. The SMILES string of the molecule is CCC(CC)CN(CC(=O)OC)C(=O)CCCCO. The fourth-order valence-corrected chi connectivity index (χ4v) is 1.88. The smallest absolute Gasteiger partial charge is 0.325 e. The monoisotopic (exact) mass is 273 g/mol. The number of amides is 1. The molecule has 1 N–H and O–H groups in total. The largest absolute Gasteiger partial charge is 0.468 e. The molecule has 0 rings (SSSR count). The number of rotatable bonds is 10. The fourth-order valence-electron chi connectivity index (χ4n) is 1.88. The molecule has 0 aliphatic heterocycles. The molecule has 0 unspecified atom stereocenters. The number of aliphatic hydroxyl groups excluding tert-OH is 1. The van der Waals surface area contributed by atoms with Crippen LogP contribution in [-0.4, -0.2) is 48.7 Å². The molecular formula is C14H27NO4. The first-order valence-corrected chi connectivity index (χ1v) is 7.04. The van der Waals surface area contributed by atoms with Crippen molar-refractivity contribution in [2.24, 2.45) is 5.92 Å². The average molecular weight is 273 g/mol. The highest BCUT2D eigenvalue weighted by Gasteiger charge is 2.20. The van der Waals surface area contributed by atoms with Crippen molar-refractivity contribution in [3.05, 3.63) is 0 Å². The zero-order chi connectivity index (χ0) is 14.7. The third-order valence-corrected chi connectivity index (χ3v) is 3.33. The number of esters is 1. The molecule has 0 spiro atoms. The van der Waals surface area contributed by atoms with Crippen LogP contribution in [0.5, 0.6) is 0 Å². The van der Waals surface area contributed by atoms with Crippen molar-refractivity contribution < 1.29 is 19.4 Å². The molecule has 112 valence electrons. The fraction of sp³-hybridized carbons (Fsp3) is 0.857. The summed E-state index contributed by atoms with van der Waals surface area (Å²) in [6.07, 6.45) is 3.60. The van der Waals surface area contributed by atoms with Crippen molar-refractivity contribution in [3.8, 4) is 0 Å². The van der Waals surface area contributed by atoms with E-state index in [-0.39, 0.29) is 25.0 Å². The van der Waals surface area contributed by atoms with Gasteiger partial charge in [-0.3, -0.25) is 9.59 Å². The van der Waals surface area contributed by atoms with Gasteiger partial charge in [0, 0.05) is 19.6 Å². The van der Waals surface area contributed by atoms with E-state index >= 15 is 0 Å². The first-order valence-electron chi connectivity index (χ1n) is 7.04. The van der Waals surface area contributed by atoms with E-state index in [0.29, 0.717) is 31.7 Å². The van der Waals surface area contributed by atoms with Crippen molar-refractivity contribution in [2.75, 3.05) is 26.8 Å². The van der Waals surface area contributed by atoms with Crippen LogP contribution < -0.4 is 0 Å². The van der Waals surface area contributed by atoms with Gasteiger partial charge in [-0.1, -0.05) is 26.7 Å². The quantitative estimate of drug-likeness (QED) is 0.485. The maximum absolute atomic E-state index is 12.1. The summed E-state index contributed by atoms with van der Waals surface area (Å²) in [5, 5.41) is 8.72. The summed E-state index contributed by atoms with van der Waals surface area (Å²) in [4.78, 5) is 25.0. The zero-order valence-electron chi connectivity index (χ0n) is 12.4. The van der Waals surface area contributed by atoms with Crippen LogP contribution in [0, 0.1) is 5.92 Å². The van der Waals surface area contributed by atoms with Gasteiger partial charge in [-0.15, -0.1) is 0 Å². The minimum absolute atomic E-state index is 0.0188. The molecule has 0 aromatic carbocycles. The molecule has 0 heterocycles. The first-order chi connectivity index (χ1) is 9.08. The molecule has 1 amide bonds. The second kappa shape index (κ2) is 10.8. The standard InChI is InChI=1S/C14H27NO4/c1-4-12(5-2)10-15(11-14(18)19-3)13(17)8-6-7-9-16/h12,16H,4-11H2,1-3H3. The molecule has 19 heavy (non-hydrogen) atoms. The Morgan fingerprint density at radius 2 is 1.84 bits per heavy atom. The van der Waals surface area contributed by atoms with Crippen LogP contribution in [0.4, 0.5) is 0 Å². The first kappa shape index (κ1) is 17.9. The Morgan fingerprint density at radius 1 is 1.21 bits per heavy atom. The molecule has 0 atom stereocenters. The molecule has 0 saturated heterocycles. The van der Waals surface area contributed by atoms with E-state index in [1.54, 1.807) is 4.90 Å². The second-order valence-electron chi connectivity index (χ2n) is 4.71. The summed E-state index contributed by atoms with van der Waals surface area (Å²) in [6.45, 7) is 4.88. The number of aliphatic hydroxyl groups is 1. The van der Waals surface area contributed by atoms with E-state index in [4.69, 9.17) is 5.11 Å². The van der Waals surface area contributed by atoms with Gasteiger partial charge >= 0.3 is 5.97 Å². The molecule has 0 aromatic heterocycles. The minimum atomic E-state index is -0.388. The number of methoxy groups -OCH3 is 1. The number of hydrogen-bond donors (Lipinski definition) is 1. The zero-order valence-corrected chi connectivity index (χ0v) is 12.4. The van der Waals surface area contributed by atoms with Crippen LogP contribution in [-0.2, 0) is 14.3 Å². The van der Waals surface area contributed by atoms with Crippen LogP contribution >= 0.6 is 0 Å². The number of carbonyl (C=O) groups excluding carboxylic acids is 2. The number of carbonyl (C=O) groups is 2. The summed E-state index contributed by atoms with van der Waals surface area (Å²) in [5.74, 6) is -0.0151. The van der Waals surface area contributed by atoms with Gasteiger partial charge < -0.3 is 14.7 Å². The number of hydrogen-bond acceptors (Lipinski definition) is 4. The Bertz CT molecular complexity index is 264. The molecule has 0 radical (unpaired) electrons. The highest BCUT2D eigenvalue weighted by atomic mass is 16.5. The molecule has 5 nitrogen and oxygen atoms in total. The number of nitrogens with zero attached hydrogens (tertiary/aromatic N) is 1. The lowest BCUT2D eigenvalue weighted by molar-refractivity contribution is -0.147. The molecular weight excluding hydrogens is 246 g/mol. The van der Waals surface area contributed by atoms with Crippen LogP contribution in [0.1, 0.15) is 46.0 Å². The van der Waals surface area contributed by atoms with Gasteiger partial charge in [-0.05, 0) is 18.8 Å². The lowest BCUT2D eigenvalue weighted by Crippen LogP contribution is -2.39. The Morgan fingerprint density at radius 3 is 2.32 bits per heavy atom. The topological polar surface area (TPSA) is 66.8 Å². The van der Waals surface area contributed by atoms with Crippen molar-refractivity contribution in [1.29, 1.82) is 0 Å². The Hall–Kier alpha value is -1.10. The molecule has 5 heteroatoms. The molecule has 0 bridgehead atoms. The molecule has 0 aliphatic rings. The molecule has 0 aromatic rings. The van der Waals surface area contributed by atoms with Crippen LogP contribution in [0.15, 0.2) is 0 Å². The van der Waals surface area contributed by atoms with E-state index in [1.165, 1.54) is 7.11 Å². The van der Waals surface area contributed by atoms with Gasteiger partial charge in [-0.25, -0.2) is 0 Å². The van der Waals surface area contributed by atoms with Crippen LogP contribution in [0.2, 0.25) is 0 Å². The predicted molar refractivity (Wildman–Crippen MR) is 73.6 cm³/mol. The maximum Gasteiger partial charge on any atom is 0.325 e. The normalized spacial score (nSPS) is 10.6. The summed E-state index contributed by atoms with van der Waals surface area (Å²) < 4.78 is 4.63. The highest BCUT2D eigenvalue weighted by Crippen LogP contribution is 2.12. The van der Waals surface area contributed by atoms with E-state index in [0.717, 1.165) is 12.8 Å². The van der Waals surface area contributed by atoms with Gasteiger partial charge in [0.1, 0.15) is 6.54 Å². The van der Waals surface area contributed by atoms with Gasteiger partial charge in [-0.2, -0.15) is 0 Å². The van der Waals surface area contributed by atoms with E-state index in [9.17, 15) is 9.59 Å². The lowest BCUT2D eigenvalue weighted by atomic mass is 10.0. The van der Waals surface area contributed by atoms with Gasteiger partial charge in [0.05, 0.1) is 7.11 Å². The Kier molecular flexibility index (Phi) is 10.2. The number of unbranched alkanes of at least 4 members (excludes halogenated alkanes) is 1. The molecule has 0 fully saturated rings. The maximum atomic E-state index is 12.1. The summed E-state index contributed by atoms with van der Waals surface area (Å²) >= 11 is 0. The molecule has 0 saturated carbocycles. The minimum Gasteiger partial charge on any atom is -0.468 e. The van der Waals surface area contributed by atoms with Crippen molar-refractivity contribution in [1.82, 2.24) is 4.90 Å². The second-order valence-corrected chi connectivity index (χ2v) is 4.71. The Balaban J connectivity index is 4.46. The lowest BCUT2D eigenvalue weighted by Gasteiger charge is -2.25. The predicted octanol–water partition coefficient (Wildman–Crippen LogP) is 1.59. The van der Waals surface area contributed by atoms with E-state index < -0.39 is 0 Å². The summed E-state index contributed by atoms with van der Waals surface area (Å²) in [5.41, 5.74) is 0. The summed E-state index contributed by atoms with van der Waals surface area (Å²) in [7, 11) is 1.33. The van der Waals surface area contributed by atoms with Gasteiger partial charge in [0.15, 0.2) is 0 Å². The van der Waals surface area contributed by atoms with E-state index in [1.807, 2.05) is 0 Å². The third kappa shape index (κ3) is 7.82. The molecule has 0 aliphatic carbocycles. The van der Waals surface area contributed by atoms with Crippen LogP contribution in [0.25, 0.3) is 0 Å². The Labute approximate surface area is 115 Å².